The molecule has 1 aromatic heterocycles. The Morgan fingerprint density at radius 1 is 0.711 bits per heavy atom. The van der Waals surface area contributed by atoms with Crippen LogP contribution in [0.2, 0.25) is 0 Å². The maximum Gasteiger partial charge on any atom is 0.326 e. The average Bonchev–Trinajstić information content (AvgIpc) is 3.43. The number of nitrogens with two attached hydrogens (primary N) is 1. The van der Waals surface area contributed by atoms with E-state index >= 15 is 0 Å². The minimum atomic E-state index is -1.26. The lowest BCUT2D eigenvalue weighted by Gasteiger charge is -2.26. The molecule has 4 unspecified atom stereocenters. The molecular formula is C34H39N5O6. The van der Waals surface area contributed by atoms with E-state index in [4.69, 9.17) is 5.73 Å². The van der Waals surface area contributed by atoms with Crippen LogP contribution in [0.25, 0.3) is 10.9 Å². The number of fused-ring (bicyclic) bond motifs is 1. The lowest BCUT2D eigenvalue weighted by Crippen LogP contribution is -2.58. The summed E-state index contributed by atoms with van der Waals surface area (Å²) in [7, 11) is 0. The molecule has 45 heavy (non-hydrogen) atoms. The second-order valence-electron chi connectivity index (χ2n) is 11.4. The Kier molecular flexibility index (Phi) is 10.9. The van der Waals surface area contributed by atoms with Crippen LogP contribution in [0.4, 0.5) is 0 Å². The van der Waals surface area contributed by atoms with Gasteiger partial charge in [0.2, 0.25) is 17.7 Å². The van der Waals surface area contributed by atoms with Gasteiger partial charge >= 0.3 is 5.97 Å². The summed E-state index contributed by atoms with van der Waals surface area (Å²) in [5, 5.41) is 28.6. The molecule has 236 valence electrons. The predicted octanol–water partition coefficient (Wildman–Crippen LogP) is 2.42. The molecule has 4 atom stereocenters. The average molecular weight is 614 g/mol. The molecule has 0 aliphatic heterocycles. The van der Waals surface area contributed by atoms with Crippen molar-refractivity contribution in [3.63, 3.8) is 0 Å². The van der Waals surface area contributed by atoms with E-state index in [0.717, 1.165) is 16.5 Å². The summed E-state index contributed by atoms with van der Waals surface area (Å²) in [6.45, 7) is 3.59. The maximum absolute atomic E-state index is 13.9. The first-order valence-corrected chi connectivity index (χ1v) is 14.8. The Balaban J connectivity index is 1.61. The molecule has 0 saturated carbocycles. The molecule has 11 heteroatoms. The fourth-order valence-electron chi connectivity index (χ4n) is 4.97. The normalized spacial score (nSPS) is 13.9. The number of aromatic hydroxyl groups is 1. The van der Waals surface area contributed by atoms with Crippen molar-refractivity contribution in [3.8, 4) is 5.75 Å². The zero-order valence-electron chi connectivity index (χ0n) is 25.2. The fraction of sp³-hybridized carbons (Fsp3) is 0.294. The summed E-state index contributed by atoms with van der Waals surface area (Å²) in [6.07, 6.45) is 1.90. The topological polar surface area (TPSA) is 187 Å². The number of amides is 3. The number of hydrogen-bond acceptors (Lipinski definition) is 6. The zero-order chi connectivity index (χ0) is 32.5. The highest BCUT2D eigenvalue weighted by molar-refractivity contribution is 5.95. The molecule has 0 bridgehead atoms. The number of carboxylic acid groups (broad SMARTS) is 1. The van der Waals surface area contributed by atoms with Crippen LogP contribution in [-0.2, 0) is 38.4 Å². The number of aliphatic carboxylic acids is 1. The SMILES string of the molecule is CC(C)C(N)C(=O)NC(Cc1c[nH]c2ccccc12)C(=O)NC(Cc1ccc(O)cc1)C(=O)NC(Cc1ccccc1)C(=O)O. The Labute approximate surface area is 261 Å². The van der Waals surface area contributed by atoms with Gasteiger partial charge in [0.25, 0.3) is 0 Å². The van der Waals surface area contributed by atoms with E-state index in [2.05, 4.69) is 20.9 Å². The largest absolute Gasteiger partial charge is 0.508 e. The van der Waals surface area contributed by atoms with Gasteiger partial charge in [0.15, 0.2) is 0 Å². The van der Waals surface area contributed by atoms with Crippen molar-refractivity contribution >= 4 is 34.6 Å². The van der Waals surface area contributed by atoms with Crippen molar-refractivity contribution < 1.29 is 29.4 Å². The van der Waals surface area contributed by atoms with Crippen molar-refractivity contribution in [2.24, 2.45) is 11.7 Å². The molecule has 0 saturated heterocycles. The van der Waals surface area contributed by atoms with Crippen LogP contribution in [0.1, 0.15) is 30.5 Å². The molecule has 0 aliphatic rings. The highest BCUT2D eigenvalue weighted by atomic mass is 16.4. The van der Waals surface area contributed by atoms with Gasteiger partial charge in [-0.15, -0.1) is 0 Å². The van der Waals surface area contributed by atoms with Gasteiger partial charge in [-0.2, -0.15) is 0 Å². The smallest absolute Gasteiger partial charge is 0.326 e. The summed E-state index contributed by atoms with van der Waals surface area (Å²) >= 11 is 0. The number of hydrogen-bond donors (Lipinski definition) is 7. The number of carbonyl (C=O) groups is 4. The second kappa shape index (κ2) is 15.0. The molecule has 0 radical (unpaired) electrons. The number of aromatic amines is 1. The Bertz CT molecular complexity index is 1620. The van der Waals surface area contributed by atoms with E-state index in [9.17, 15) is 29.4 Å². The van der Waals surface area contributed by atoms with Gasteiger partial charge < -0.3 is 36.9 Å². The molecule has 0 fully saturated rings. The van der Waals surface area contributed by atoms with Gasteiger partial charge in [-0.3, -0.25) is 14.4 Å². The van der Waals surface area contributed by atoms with Crippen LogP contribution in [0.3, 0.4) is 0 Å². The highest BCUT2D eigenvalue weighted by Crippen LogP contribution is 2.20. The lowest BCUT2D eigenvalue weighted by atomic mass is 10.00. The lowest BCUT2D eigenvalue weighted by molar-refractivity contribution is -0.142. The molecule has 0 spiro atoms. The molecule has 3 amide bonds. The van der Waals surface area contributed by atoms with Crippen molar-refractivity contribution in [1.82, 2.24) is 20.9 Å². The summed E-state index contributed by atoms with van der Waals surface area (Å²) in [6, 6.07) is 18.1. The number of H-pyrrole nitrogens is 1. The number of carboxylic acids is 1. The van der Waals surface area contributed by atoms with Crippen LogP contribution in [0, 0.1) is 5.92 Å². The third kappa shape index (κ3) is 8.93. The minimum Gasteiger partial charge on any atom is -0.508 e. The molecule has 3 aromatic carbocycles. The van der Waals surface area contributed by atoms with Crippen LogP contribution < -0.4 is 21.7 Å². The standard InChI is InChI=1S/C34H39N5O6/c1-20(2)30(35)33(43)38-28(18-23-19-36-26-11-7-6-10-25(23)26)32(42)37-27(16-22-12-14-24(40)15-13-22)31(41)39-29(34(44)45)17-21-8-4-3-5-9-21/h3-15,19-20,27-30,36,40H,16-18,35H2,1-2H3,(H,37,42)(H,38,43)(H,39,41)(H,44,45). The van der Waals surface area contributed by atoms with Crippen LogP contribution in [0.5, 0.6) is 5.75 Å². The van der Waals surface area contributed by atoms with Crippen LogP contribution in [-0.4, -0.2) is 63.1 Å². The fourth-order valence-corrected chi connectivity index (χ4v) is 4.97. The number of phenols is 1. The van der Waals surface area contributed by atoms with Crippen LogP contribution in [0.15, 0.2) is 85.1 Å². The van der Waals surface area contributed by atoms with Gasteiger partial charge in [-0.1, -0.05) is 74.5 Å². The number of para-hydroxylation sites is 1. The van der Waals surface area contributed by atoms with Crippen molar-refractivity contribution in [2.45, 2.75) is 57.3 Å². The summed E-state index contributed by atoms with van der Waals surface area (Å²) in [5.41, 5.74) is 9.06. The quantitative estimate of drug-likeness (QED) is 0.114. The highest BCUT2D eigenvalue weighted by Gasteiger charge is 2.31. The predicted molar refractivity (Wildman–Crippen MR) is 170 cm³/mol. The van der Waals surface area contributed by atoms with Gasteiger partial charge in [0, 0.05) is 36.4 Å². The zero-order valence-corrected chi connectivity index (χ0v) is 25.2. The number of phenolic OH excluding ortho intramolecular Hbond substituents is 1. The van der Waals surface area contributed by atoms with E-state index in [1.807, 2.05) is 24.3 Å². The molecule has 4 aromatic rings. The number of aromatic nitrogens is 1. The Morgan fingerprint density at radius 2 is 1.24 bits per heavy atom. The first kappa shape index (κ1) is 32.7. The van der Waals surface area contributed by atoms with E-state index < -0.39 is 47.9 Å². The van der Waals surface area contributed by atoms with E-state index in [1.54, 1.807) is 62.5 Å². The van der Waals surface area contributed by atoms with E-state index in [1.165, 1.54) is 12.1 Å². The third-order valence-corrected chi connectivity index (χ3v) is 7.66. The Hall–Kier alpha value is -5.16. The molecule has 8 N–H and O–H groups in total. The van der Waals surface area contributed by atoms with Gasteiger partial charge in [-0.05, 0) is 40.8 Å². The second-order valence-corrected chi connectivity index (χ2v) is 11.4. The summed E-state index contributed by atoms with van der Waals surface area (Å²) in [4.78, 5) is 55.9. The van der Waals surface area contributed by atoms with Gasteiger partial charge in [-0.25, -0.2) is 4.79 Å². The van der Waals surface area contributed by atoms with Gasteiger partial charge in [0.05, 0.1) is 6.04 Å². The van der Waals surface area contributed by atoms with Crippen molar-refractivity contribution in [1.29, 1.82) is 0 Å². The van der Waals surface area contributed by atoms with E-state index in [-0.39, 0.29) is 30.9 Å². The van der Waals surface area contributed by atoms with Crippen molar-refractivity contribution in [3.05, 3.63) is 102 Å². The van der Waals surface area contributed by atoms with Crippen LogP contribution >= 0.6 is 0 Å². The number of nitrogens with one attached hydrogen (secondary N) is 4. The first-order chi connectivity index (χ1) is 21.5. The number of benzene rings is 3. The summed E-state index contributed by atoms with van der Waals surface area (Å²) in [5.74, 6) is -3.25. The van der Waals surface area contributed by atoms with Crippen molar-refractivity contribution in [2.75, 3.05) is 0 Å². The molecule has 11 nitrogen and oxygen atoms in total. The van der Waals surface area contributed by atoms with E-state index in [0.29, 0.717) is 11.1 Å². The monoisotopic (exact) mass is 613 g/mol. The maximum atomic E-state index is 13.9. The minimum absolute atomic E-state index is 0.00517. The third-order valence-electron chi connectivity index (χ3n) is 7.66. The molecule has 1 heterocycles. The molecule has 4 rings (SSSR count). The molecule has 0 aliphatic carbocycles. The Morgan fingerprint density at radius 3 is 1.89 bits per heavy atom. The summed E-state index contributed by atoms with van der Waals surface area (Å²) < 4.78 is 0. The first-order valence-electron chi connectivity index (χ1n) is 14.8. The number of rotatable bonds is 14. The molecular weight excluding hydrogens is 574 g/mol. The van der Waals surface area contributed by atoms with Gasteiger partial charge in [0.1, 0.15) is 23.9 Å². The number of carbonyl (C=O) groups excluding carboxylic acids is 3.